The Kier molecular flexibility index (Phi) is 14.7. The van der Waals surface area contributed by atoms with Crippen LogP contribution in [0.25, 0.3) is 5.73 Å². The molecular weight excluding hydrogens is 225 g/mol. The minimum absolute atomic E-state index is 0. The third-order valence-electron chi connectivity index (χ3n) is 0.566. The molecule has 1 radical (unpaired) electrons. The normalized spacial score (nSPS) is 7.08. The van der Waals surface area contributed by atoms with E-state index in [0.29, 0.717) is 0 Å². The first kappa shape index (κ1) is 17.8. The number of hydrogen-bond donors (Lipinski definition) is 2. The molecule has 0 rings (SSSR count). The maximum Gasteiger partial charge on any atom is 2.00 e. The number of nitrogens with one attached hydrogen (secondary N) is 1. The van der Waals surface area contributed by atoms with Crippen molar-refractivity contribution >= 4 is 17.8 Å². The minimum Gasteiger partial charge on any atom is -0.668 e. The molecule has 0 bridgehead atoms. The second-order valence-electron chi connectivity index (χ2n) is 1.71. The van der Waals surface area contributed by atoms with Gasteiger partial charge in [0.1, 0.15) is 0 Å². The van der Waals surface area contributed by atoms with Gasteiger partial charge in [0.25, 0.3) is 0 Å². The van der Waals surface area contributed by atoms with E-state index in [0.717, 1.165) is 0 Å². The molecule has 0 aromatic heterocycles. The summed E-state index contributed by atoms with van der Waals surface area (Å²) in [4.78, 5) is 28.3. The van der Waals surface area contributed by atoms with E-state index in [4.69, 9.17) is 20.7 Å². The molecule has 0 aliphatic carbocycles. The van der Waals surface area contributed by atoms with E-state index < -0.39 is 17.8 Å². The second-order valence-corrected chi connectivity index (χ2v) is 1.71. The van der Waals surface area contributed by atoms with Gasteiger partial charge in [0.2, 0.25) is 0 Å². The standard InChI is InChI=1S/C4H7NO3.C2H3O2.Co/c5-3(6)1-2-4(7)8;1-2(3)4;/h1-2H2,(H3,5,6,7,8);1H2,(H,3,4);/q;-1;+2/p-1. The first-order valence-corrected chi connectivity index (χ1v) is 2.87. The molecule has 6 nitrogen and oxygen atoms in total. The first-order valence-electron chi connectivity index (χ1n) is 2.87. The molecule has 0 aliphatic rings. The molecule has 0 saturated carbocycles. The van der Waals surface area contributed by atoms with Crippen LogP contribution >= 0.6 is 0 Å². The molecule has 0 atom stereocenters. The number of rotatable bonds is 3. The summed E-state index contributed by atoms with van der Waals surface area (Å²) in [5, 5.41) is 15.2. The van der Waals surface area contributed by atoms with Crippen LogP contribution in [0.4, 0.5) is 0 Å². The van der Waals surface area contributed by atoms with Gasteiger partial charge in [0.15, 0.2) is 5.97 Å². The predicted octanol–water partition coefficient (Wildman–Crippen LogP) is 0.333. The molecule has 0 heterocycles. The van der Waals surface area contributed by atoms with E-state index in [-0.39, 0.29) is 29.6 Å². The van der Waals surface area contributed by atoms with Crippen molar-refractivity contribution in [1.29, 1.82) is 0 Å². The molecule has 0 spiro atoms. The molecule has 0 fully saturated rings. The van der Waals surface area contributed by atoms with E-state index in [1.54, 1.807) is 0 Å². The van der Waals surface area contributed by atoms with Crippen LogP contribution in [0.3, 0.4) is 0 Å². The fourth-order valence-corrected chi connectivity index (χ4v) is 0.220. The van der Waals surface area contributed by atoms with Crippen molar-refractivity contribution in [2.24, 2.45) is 0 Å². The van der Waals surface area contributed by atoms with Gasteiger partial charge in [-0.2, -0.15) is 0 Å². The van der Waals surface area contributed by atoms with Crippen LogP contribution in [0, 0.1) is 6.92 Å². The van der Waals surface area contributed by atoms with Crippen molar-refractivity contribution in [3.63, 3.8) is 0 Å². The number of carboxylic acids is 2. The molecule has 0 aromatic rings. The monoisotopic (exact) mass is 234 g/mol. The van der Waals surface area contributed by atoms with Crippen LogP contribution in [0.2, 0.25) is 0 Å². The zero-order valence-electron chi connectivity index (χ0n) is 6.57. The largest absolute Gasteiger partial charge is 2.00 e. The van der Waals surface area contributed by atoms with Crippen LogP contribution in [0.15, 0.2) is 0 Å². The Morgan fingerprint density at radius 1 is 1.15 bits per heavy atom. The van der Waals surface area contributed by atoms with Crippen LogP contribution in [0.5, 0.6) is 0 Å². The number of aliphatic carboxylic acids is 2. The van der Waals surface area contributed by atoms with E-state index in [1.807, 2.05) is 0 Å². The molecule has 0 saturated heterocycles. The Morgan fingerprint density at radius 2 is 1.46 bits per heavy atom. The number of carbonyl (C=O) groups is 3. The van der Waals surface area contributed by atoms with E-state index in [1.165, 1.54) is 0 Å². The van der Waals surface area contributed by atoms with Gasteiger partial charge >= 0.3 is 22.7 Å². The number of carbonyl (C=O) groups excluding carboxylic acids is 1. The fraction of sp³-hybridized carbons (Fsp3) is 0.333. The number of hydrogen-bond acceptors (Lipinski definition) is 3. The maximum atomic E-state index is 9.75. The molecule has 7 heteroatoms. The Labute approximate surface area is 85.3 Å². The smallest absolute Gasteiger partial charge is 0.668 e. The van der Waals surface area contributed by atoms with Crippen LogP contribution in [-0.4, -0.2) is 28.1 Å². The molecule has 0 unspecified atom stereocenters. The van der Waals surface area contributed by atoms with Crippen molar-refractivity contribution in [2.45, 2.75) is 12.8 Å². The van der Waals surface area contributed by atoms with Crippen molar-refractivity contribution < 1.29 is 41.4 Å². The predicted molar refractivity (Wildman–Crippen MR) is 39.2 cm³/mol. The van der Waals surface area contributed by atoms with Gasteiger partial charge in [-0.3, -0.25) is 16.5 Å². The Morgan fingerprint density at radius 3 is 1.54 bits per heavy atom. The molecule has 13 heavy (non-hydrogen) atoms. The van der Waals surface area contributed by atoms with Gasteiger partial charge in [-0.25, -0.2) is 0 Å². The molecular formula is C6H9CoNO5. The van der Waals surface area contributed by atoms with Crippen LogP contribution < -0.4 is 0 Å². The summed E-state index contributed by atoms with van der Waals surface area (Å²) in [6.07, 6.45) is -0.419. The van der Waals surface area contributed by atoms with Crippen LogP contribution in [0.1, 0.15) is 12.8 Å². The zero-order chi connectivity index (χ0) is 10.1. The molecule has 0 aromatic carbocycles. The third kappa shape index (κ3) is 58.1. The van der Waals surface area contributed by atoms with E-state index >= 15 is 0 Å². The summed E-state index contributed by atoms with van der Waals surface area (Å²) in [5.41, 5.74) is 6.27. The third-order valence-corrected chi connectivity index (χ3v) is 0.566. The first-order chi connectivity index (χ1) is 5.36. The quantitative estimate of drug-likeness (QED) is 0.682. The van der Waals surface area contributed by atoms with Crippen molar-refractivity contribution in [3.8, 4) is 0 Å². The summed E-state index contributed by atoms with van der Waals surface area (Å²) in [7, 11) is 0. The average molecular weight is 234 g/mol. The fourth-order valence-electron chi connectivity index (χ4n) is 0.220. The van der Waals surface area contributed by atoms with Gasteiger partial charge in [0, 0.05) is 5.91 Å². The van der Waals surface area contributed by atoms with Gasteiger partial charge in [-0.15, -0.1) is 0 Å². The summed E-state index contributed by atoms with van der Waals surface area (Å²) in [6.45, 7) is 2.56. The molecule has 1 amide bonds. The average Bonchev–Trinajstić information content (AvgIpc) is 1.82. The Bertz CT molecular complexity index is 164. The second kappa shape index (κ2) is 10.8. The van der Waals surface area contributed by atoms with Gasteiger partial charge < -0.3 is 20.7 Å². The summed E-state index contributed by atoms with van der Waals surface area (Å²) < 4.78 is 0. The van der Waals surface area contributed by atoms with Crippen molar-refractivity contribution in [3.05, 3.63) is 12.7 Å². The summed E-state index contributed by atoms with van der Waals surface area (Å²) in [5.74, 6) is -2.95. The number of amides is 1. The zero-order valence-corrected chi connectivity index (χ0v) is 7.61. The van der Waals surface area contributed by atoms with Crippen molar-refractivity contribution in [2.75, 3.05) is 0 Å². The maximum absolute atomic E-state index is 9.75. The van der Waals surface area contributed by atoms with Crippen LogP contribution in [-0.2, 0) is 31.2 Å². The van der Waals surface area contributed by atoms with Gasteiger partial charge in [-0.05, 0) is 6.42 Å². The topological polar surface area (TPSA) is 115 Å². The molecule has 0 aliphatic heterocycles. The summed E-state index contributed by atoms with van der Waals surface area (Å²) in [6, 6.07) is 0. The SMILES string of the molecule is [CH2-]C(=O)O.[Co+2].[NH-]C(=O)CCC(=O)O. The minimum atomic E-state index is -1.08. The Hall–Kier alpha value is -1.21. The summed E-state index contributed by atoms with van der Waals surface area (Å²) >= 11 is 0. The van der Waals surface area contributed by atoms with E-state index in [9.17, 15) is 9.59 Å². The molecule has 3 N–H and O–H groups in total. The number of carboxylic acid groups (broad SMARTS) is 2. The Balaban J connectivity index is -0.000000173. The van der Waals surface area contributed by atoms with Crippen molar-refractivity contribution in [1.82, 2.24) is 0 Å². The van der Waals surface area contributed by atoms with Gasteiger partial charge in [0.05, 0.1) is 6.42 Å². The van der Waals surface area contributed by atoms with E-state index in [2.05, 4.69) is 6.92 Å². The van der Waals surface area contributed by atoms with Gasteiger partial charge in [-0.1, -0.05) is 0 Å². The molecule has 77 valence electrons.